The molecule has 0 saturated carbocycles. The highest BCUT2D eigenvalue weighted by Crippen LogP contribution is 2.29. The Balaban J connectivity index is 3.19. The maximum absolute atomic E-state index is 11.5. The topological polar surface area (TPSA) is 71.1 Å². The molecule has 1 rings (SSSR count). The molecule has 0 aliphatic rings. The maximum atomic E-state index is 11.5. The molecule has 6 nitrogen and oxygen atoms in total. The minimum atomic E-state index is -0.927. The van der Waals surface area contributed by atoms with Crippen molar-refractivity contribution in [2.75, 3.05) is 21.3 Å². The maximum Gasteiger partial charge on any atom is 0.513 e. The van der Waals surface area contributed by atoms with Gasteiger partial charge in [-0.3, -0.25) is 0 Å². The summed E-state index contributed by atoms with van der Waals surface area (Å²) in [6.07, 6.45) is -0.927. The first-order valence-electron chi connectivity index (χ1n) is 4.65. The van der Waals surface area contributed by atoms with Crippen molar-refractivity contribution in [3.63, 3.8) is 0 Å². The van der Waals surface area contributed by atoms with Gasteiger partial charge in [-0.2, -0.15) is 0 Å². The highest BCUT2D eigenvalue weighted by atomic mass is 16.7. The highest BCUT2D eigenvalue weighted by molar-refractivity contribution is 5.96. The smallest absolute Gasteiger partial charge is 0.496 e. The van der Waals surface area contributed by atoms with Crippen molar-refractivity contribution in [2.24, 2.45) is 0 Å². The van der Waals surface area contributed by atoms with Crippen LogP contribution in [0.3, 0.4) is 0 Å². The van der Waals surface area contributed by atoms with E-state index in [9.17, 15) is 9.59 Å². The summed E-state index contributed by atoms with van der Waals surface area (Å²) in [6, 6.07) is 4.56. The van der Waals surface area contributed by atoms with Crippen LogP contribution >= 0.6 is 0 Å². The summed E-state index contributed by atoms with van der Waals surface area (Å²) in [6.45, 7) is 0. The molecule has 0 aliphatic carbocycles. The highest BCUT2D eigenvalue weighted by Gasteiger charge is 2.21. The lowest BCUT2D eigenvalue weighted by Crippen LogP contribution is -2.12. The van der Waals surface area contributed by atoms with Crippen molar-refractivity contribution in [3.05, 3.63) is 23.8 Å². The van der Waals surface area contributed by atoms with E-state index in [4.69, 9.17) is 9.47 Å². The van der Waals surface area contributed by atoms with Gasteiger partial charge in [0.05, 0.1) is 21.3 Å². The lowest BCUT2D eigenvalue weighted by Gasteiger charge is -2.11. The van der Waals surface area contributed by atoms with Crippen LogP contribution in [-0.4, -0.2) is 33.5 Å². The number of benzene rings is 1. The molecule has 6 heteroatoms. The van der Waals surface area contributed by atoms with E-state index in [1.54, 1.807) is 12.1 Å². The number of carbonyl (C=O) groups is 2. The van der Waals surface area contributed by atoms with E-state index in [1.165, 1.54) is 27.4 Å². The fraction of sp³-hybridized carbons (Fsp3) is 0.273. The van der Waals surface area contributed by atoms with Crippen LogP contribution in [0.4, 0.5) is 4.79 Å². The molecule has 0 aliphatic heterocycles. The van der Waals surface area contributed by atoms with Crippen molar-refractivity contribution in [2.45, 2.75) is 0 Å². The van der Waals surface area contributed by atoms with Crippen molar-refractivity contribution in [3.8, 4) is 11.5 Å². The number of esters is 1. The Morgan fingerprint density at radius 3 is 2.18 bits per heavy atom. The molecule has 0 unspecified atom stereocenters. The third-order valence-corrected chi connectivity index (χ3v) is 1.96. The van der Waals surface area contributed by atoms with E-state index < -0.39 is 12.1 Å². The number of hydrogen-bond acceptors (Lipinski definition) is 6. The minimum absolute atomic E-state index is 0.0167. The minimum Gasteiger partial charge on any atom is -0.496 e. The summed E-state index contributed by atoms with van der Waals surface area (Å²) in [5.74, 6) is -0.400. The van der Waals surface area contributed by atoms with Crippen molar-refractivity contribution in [1.29, 1.82) is 0 Å². The largest absolute Gasteiger partial charge is 0.513 e. The van der Waals surface area contributed by atoms with Gasteiger partial charge in [0.15, 0.2) is 5.75 Å². The van der Waals surface area contributed by atoms with Crippen LogP contribution in [0.5, 0.6) is 11.5 Å². The second-order valence-corrected chi connectivity index (χ2v) is 2.88. The van der Waals surface area contributed by atoms with Gasteiger partial charge >= 0.3 is 12.1 Å². The summed E-state index contributed by atoms with van der Waals surface area (Å²) < 4.78 is 18.7. The first kappa shape index (κ1) is 12.8. The van der Waals surface area contributed by atoms with E-state index >= 15 is 0 Å². The zero-order valence-electron chi connectivity index (χ0n) is 9.68. The third-order valence-electron chi connectivity index (χ3n) is 1.96. The van der Waals surface area contributed by atoms with Gasteiger partial charge < -0.3 is 18.9 Å². The van der Waals surface area contributed by atoms with Gasteiger partial charge in [-0.25, -0.2) is 9.59 Å². The van der Waals surface area contributed by atoms with E-state index in [2.05, 4.69) is 9.47 Å². The summed E-state index contributed by atoms with van der Waals surface area (Å²) in [7, 11) is 3.78. The average molecular weight is 240 g/mol. The van der Waals surface area contributed by atoms with Crippen LogP contribution in [-0.2, 0) is 9.47 Å². The molecule has 0 spiro atoms. The van der Waals surface area contributed by atoms with Gasteiger partial charge in [0.2, 0.25) is 0 Å². The second-order valence-electron chi connectivity index (χ2n) is 2.88. The molecule has 0 amide bonds. The summed E-state index contributed by atoms with van der Waals surface area (Å²) in [5.41, 5.74) is 0.0305. The third kappa shape index (κ3) is 2.87. The molecule has 0 atom stereocenters. The summed E-state index contributed by atoms with van der Waals surface area (Å²) >= 11 is 0. The van der Waals surface area contributed by atoms with Crippen LogP contribution in [0, 0.1) is 0 Å². The zero-order valence-corrected chi connectivity index (χ0v) is 9.68. The normalized spacial score (nSPS) is 9.35. The predicted octanol–water partition coefficient (Wildman–Crippen LogP) is 1.63. The van der Waals surface area contributed by atoms with Gasteiger partial charge in [0.25, 0.3) is 0 Å². The molecule has 0 N–H and O–H groups in total. The molecule has 0 bridgehead atoms. The number of ether oxygens (including phenoxy) is 4. The van der Waals surface area contributed by atoms with Gasteiger partial charge in [-0.05, 0) is 12.1 Å². The standard InChI is InChI=1S/C11H12O6/c1-14-7-5-4-6-8(17-11(13)16-3)9(7)10(12)15-2/h4-6H,1-3H3. The van der Waals surface area contributed by atoms with Crippen molar-refractivity contribution >= 4 is 12.1 Å². The fourth-order valence-corrected chi connectivity index (χ4v) is 1.20. The number of rotatable bonds is 3. The molecular formula is C11H12O6. The number of methoxy groups -OCH3 is 3. The van der Waals surface area contributed by atoms with Crippen LogP contribution < -0.4 is 9.47 Å². The predicted molar refractivity (Wildman–Crippen MR) is 57.4 cm³/mol. The van der Waals surface area contributed by atoms with Crippen LogP contribution in [0.25, 0.3) is 0 Å². The molecule has 0 saturated heterocycles. The quantitative estimate of drug-likeness (QED) is 0.590. The Morgan fingerprint density at radius 2 is 1.65 bits per heavy atom. The Labute approximate surface area is 98.0 Å². The van der Waals surface area contributed by atoms with Gasteiger partial charge in [0, 0.05) is 0 Å². The van der Waals surface area contributed by atoms with Crippen LogP contribution in [0.15, 0.2) is 18.2 Å². The lowest BCUT2D eigenvalue weighted by molar-refractivity contribution is 0.0592. The second kappa shape index (κ2) is 5.74. The lowest BCUT2D eigenvalue weighted by atomic mass is 10.2. The van der Waals surface area contributed by atoms with Crippen LogP contribution in [0.2, 0.25) is 0 Å². The molecule has 0 radical (unpaired) electrons. The first-order valence-corrected chi connectivity index (χ1v) is 4.65. The Morgan fingerprint density at radius 1 is 1.00 bits per heavy atom. The Kier molecular flexibility index (Phi) is 4.33. The van der Waals surface area contributed by atoms with Gasteiger partial charge in [0.1, 0.15) is 11.3 Å². The zero-order chi connectivity index (χ0) is 12.8. The SMILES string of the molecule is COC(=O)Oc1cccc(OC)c1C(=O)OC. The average Bonchev–Trinajstić information content (AvgIpc) is 2.37. The fourth-order valence-electron chi connectivity index (χ4n) is 1.20. The van der Waals surface area contributed by atoms with E-state index in [0.29, 0.717) is 0 Å². The molecule has 1 aromatic rings. The molecule has 1 aromatic carbocycles. The summed E-state index contributed by atoms with van der Waals surface area (Å²) in [4.78, 5) is 22.6. The van der Waals surface area contributed by atoms with E-state index in [-0.39, 0.29) is 17.1 Å². The molecular weight excluding hydrogens is 228 g/mol. The summed E-state index contributed by atoms with van der Waals surface area (Å²) in [5, 5.41) is 0. The van der Waals surface area contributed by atoms with E-state index in [1.807, 2.05) is 0 Å². The van der Waals surface area contributed by atoms with Gasteiger partial charge in [-0.15, -0.1) is 0 Å². The number of carbonyl (C=O) groups excluding carboxylic acids is 2. The Hall–Kier alpha value is -2.24. The van der Waals surface area contributed by atoms with E-state index in [0.717, 1.165) is 0 Å². The first-order chi connectivity index (χ1) is 8.13. The van der Waals surface area contributed by atoms with Crippen molar-refractivity contribution < 1.29 is 28.5 Å². The molecule has 92 valence electrons. The molecule has 0 aromatic heterocycles. The monoisotopic (exact) mass is 240 g/mol. The van der Waals surface area contributed by atoms with Crippen molar-refractivity contribution in [1.82, 2.24) is 0 Å². The Bertz CT molecular complexity index is 426. The van der Waals surface area contributed by atoms with Crippen LogP contribution in [0.1, 0.15) is 10.4 Å². The molecule has 0 fully saturated rings. The molecule has 17 heavy (non-hydrogen) atoms. The van der Waals surface area contributed by atoms with Gasteiger partial charge in [-0.1, -0.05) is 6.07 Å². The molecule has 0 heterocycles. The number of hydrogen-bond donors (Lipinski definition) is 0.